The van der Waals surface area contributed by atoms with Crippen LogP contribution in [0.1, 0.15) is 21.5 Å². The third-order valence-electron chi connectivity index (χ3n) is 3.57. The van der Waals surface area contributed by atoms with E-state index in [4.69, 9.17) is 4.74 Å². The van der Waals surface area contributed by atoms with Crippen LogP contribution in [0.4, 0.5) is 0 Å². The van der Waals surface area contributed by atoms with Gasteiger partial charge in [0.05, 0.1) is 5.56 Å². The number of ketones is 1. The molecule has 2 aromatic carbocycles. The SMILES string of the molecule is O=C(Cc1cccnc1)c1cc(Br)ccc1OCc1ccccc1. The summed E-state index contributed by atoms with van der Waals surface area (Å²) in [4.78, 5) is 16.7. The highest BCUT2D eigenvalue weighted by Gasteiger charge is 2.14. The Morgan fingerprint density at radius 3 is 2.54 bits per heavy atom. The molecule has 3 nitrogen and oxygen atoms in total. The lowest BCUT2D eigenvalue weighted by Crippen LogP contribution is -2.07. The van der Waals surface area contributed by atoms with Crippen LogP contribution in [0.15, 0.2) is 77.5 Å². The quantitative estimate of drug-likeness (QED) is 0.573. The average molecular weight is 382 g/mol. The van der Waals surface area contributed by atoms with Gasteiger partial charge in [-0.1, -0.05) is 52.3 Å². The molecule has 0 radical (unpaired) electrons. The highest BCUT2D eigenvalue weighted by Crippen LogP contribution is 2.25. The first kappa shape index (κ1) is 16.4. The van der Waals surface area contributed by atoms with E-state index in [1.807, 2.05) is 54.6 Å². The van der Waals surface area contributed by atoms with Crippen molar-refractivity contribution in [2.45, 2.75) is 13.0 Å². The molecule has 3 rings (SSSR count). The lowest BCUT2D eigenvalue weighted by molar-refractivity contribution is 0.0988. The second-order valence-corrected chi connectivity index (χ2v) is 6.29. The molecular formula is C20H16BrNO2. The maximum Gasteiger partial charge on any atom is 0.171 e. The van der Waals surface area contributed by atoms with Gasteiger partial charge >= 0.3 is 0 Å². The van der Waals surface area contributed by atoms with Crippen LogP contribution in [0, 0.1) is 0 Å². The molecule has 0 aliphatic heterocycles. The van der Waals surface area contributed by atoms with Crippen molar-refractivity contribution >= 4 is 21.7 Å². The lowest BCUT2D eigenvalue weighted by Gasteiger charge is -2.11. The Morgan fingerprint density at radius 2 is 1.79 bits per heavy atom. The fraction of sp³-hybridized carbons (Fsp3) is 0.100. The maximum absolute atomic E-state index is 12.7. The number of nitrogens with zero attached hydrogens (tertiary/aromatic N) is 1. The van der Waals surface area contributed by atoms with E-state index in [1.165, 1.54) is 0 Å². The molecule has 0 saturated heterocycles. The van der Waals surface area contributed by atoms with Crippen LogP contribution in [0.25, 0.3) is 0 Å². The number of benzene rings is 2. The minimum Gasteiger partial charge on any atom is -0.488 e. The van der Waals surface area contributed by atoms with Gasteiger partial charge in [-0.3, -0.25) is 9.78 Å². The normalized spacial score (nSPS) is 10.4. The smallest absolute Gasteiger partial charge is 0.171 e. The van der Waals surface area contributed by atoms with E-state index in [1.54, 1.807) is 18.5 Å². The number of carbonyl (C=O) groups excluding carboxylic acids is 1. The Bertz CT molecular complexity index is 820. The van der Waals surface area contributed by atoms with Crippen molar-refractivity contribution in [1.29, 1.82) is 0 Å². The van der Waals surface area contributed by atoms with Crippen molar-refractivity contribution in [2.24, 2.45) is 0 Å². The van der Waals surface area contributed by atoms with Crippen molar-refractivity contribution < 1.29 is 9.53 Å². The molecule has 0 N–H and O–H groups in total. The Balaban J connectivity index is 1.79. The van der Waals surface area contributed by atoms with Crippen molar-refractivity contribution in [3.8, 4) is 5.75 Å². The topological polar surface area (TPSA) is 39.2 Å². The van der Waals surface area contributed by atoms with E-state index in [0.29, 0.717) is 24.3 Å². The molecule has 0 amide bonds. The van der Waals surface area contributed by atoms with Gasteiger partial charge in [-0.2, -0.15) is 0 Å². The van der Waals surface area contributed by atoms with Gasteiger partial charge in [0.15, 0.2) is 5.78 Å². The molecule has 0 bridgehead atoms. The Morgan fingerprint density at radius 1 is 1.00 bits per heavy atom. The number of Topliss-reactive ketones (excluding diaryl/α,β-unsaturated/α-hetero) is 1. The number of carbonyl (C=O) groups is 1. The molecule has 0 saturated carbocycles. The minimum absolute atomic E-state index is 0.00682. The summed E-state index contributed by atoms with van der Waals surface area (Å²) in [6.45, 7) is 0.426. The number of hydrogen-bond acceptors (Lipinski definition) is 3. The summed E-state index contributed by atoms with van der Waals surface area (Å²) in [6.07, 6.45) is 3.70. The molecule has 0 aliphatic carbocycles. The predicted molar refractivity (Wildman–Crippen MR) is 97.2 cm³/mol. The van der Waals surface area contributed by atoms with Gasteiger partial charge < -0.3 is 4.74 Å². The molecule has 120 valence electrons. The van der Waals surface area contributed by atoms with Gasteiger partial charge in [-0.15, -0.1) is 0 Å². The summed E-state index contributed by atoms with van der Waals surface area (Å²) >= 11 is 3.43. The first-order chi connectivity index (χ1) is 11.7. The first-order valence-electron chi connectivity index (χ1n) is 7.61. The van der Waals surface area contributed by atoms with E-state index in [2.05, 4.69) is 20.9 Å². The maximum atomic E-state index is 12.7. The number of pyridine rings is 1. The molecule has 24 heavy (non-hydrogen) atoms. The third kappa shape index (κ3) is 4.30. The molecule has 1 aromatic heterocycles. The van der Waals surface area contributed by atoms with E-state index >= 15 is 0 Å². The molecule has 3 aromatic rings. The van der Waals surface area contributed by atoms with Gasteiger partial charge in [0.2, 0.25) is 0 Å². The van der Waals surface area contributed by atoms with Gasteiger partial charge in [0.25, 0.3) is 0 Å². The number of hydrogen-bond donors (Lipinski definition) is 0. The minimum atomic E-state index is 0.00682. The van der Waals surface area contributed by atoms with Gasteiger partial charge in [-0.05, 0) is 35.4 Å². The standard InChI is InChI=1S/C20H16BrNO2/c21-17-8-9-20(24-14-15-5-2-1-3-6-15)18(12-17)19(23)11-16-7-4-10-22-13-16/h1-10,12-13H,11,14H2. The zero-order valence-electron chi connectivity index (χ0n) is 13.0. The van der Waals surface area contributed by atoms with Crippen LogP contribution in [0.2, 0.25) is 0 Å². The van der Waals surface area contributed by atoms with Crippen molar-refractivity contribution in [2.75, 3.05) is 0 Å². The highest BCUT2D eigenvalue weighted by atomic mass is 79.9. The number of ether oxygens (including phenoxy) is 1. The van der Waals surface area contributed by atoms with Crippen LogP contribution in [0.5, 0.6) is 5.75 Å². The number of halogens is 1. The lowest BCUT2D eigenvalue weighted by atomic mass is 10.0. The summed E-state index contributed by atoms with van der Waals surface area (Å²) in [5.74, 6) is 0.600. The molecule has 0 spiro atoms. The zero-order valence-corrected chi connectivity index (χ0v) is 14.6. The number of aromatic nitrogens is 1. The summed E-state index contributed by atoms with van der Waals surface area (Å²) in [5, 5.41) is 0. The predicted octanol–water partition coefficient (Wildman–Crippen LogP) is 4.85. The summed E-state index contributed by atoms with van der Waals surface area (Å²) in [6, 6.07) is 19.1. The van der Waals surface area contributed by atoms with Gasteiger partial charge in [-0.25, -0.2) is 0 Å². The summed E-state index contributed by atoms with van der Waals surface area (Å²) in [7, 11) is 0. The third-order valence-corrected chi connectivity index (χ3v) is 4.06. The first-order valence-corrected chi connectivity index (χ1v) is 8.40. The summed E-state index contributed by atoms with van der Waals surface area (Å²) < 4.78 is 6.73. The highest BCUT2D eigenvalue weighted by molar-refractivity contribution is 9.10. The fourth-order valence-corrected chi connectivity index (χ4v) is 2.73. The van der Waals surface area contributed by atoms with Crippen LogP contribution in [-0.2, 0) is 13.0 Å². The molecule has 0 atom stereocenters. The average Bonchev–Trinajstić information content (AvgIpc) is 2.62. The molecule has 0 fully saturated rings. The fourth-order valence-electron chi connectivity index (χ4n) is 2.36. The monoisotopic (exact) mass is 381 g/mol. The molecule has 4 heteroatoms. The van der Waals surface area contributed by atoms with Gasteiger partial charge in [0.1, 0.15) is 12.4 Å². The van der Waals surface area contributed by atoms with E-state index in [0.717, 1.165) is 15.6 Å². The second-order valence-electron chi connectivity index (χ2n) is 5.38. The molecular weight excluding hydrogens is 366 g/mol. The van der Waals surface area contributed by atoms with Crippen LogP contribution in [0.3, 0.4) is 0 Å². The van der Waals surface area contributed by atoms with E-state index in [9.17, 15) is 4.79 Å². The largest absolute Gasteiger partial charge is 0.488 e. The van der Waals surface area contributed by atoms with Crippen molar-refractivity contribution in [3.63, 3.8) is 0 Å². The van der Waals surface area contributed by atoms with E-state index in [-0.39, 0.29) is 5.78 Å². The Kier molecular flexibility index (Phi) is 5.39. The van der Waals surface area contributed by atoms with Crippen LogP contribution in [-0.4, -0.2) is 10.8 Å². The van der Waals surface area contributed by atoms with Gasteiger partial charge in [0, 0.05) is 23.3 Å². The second kappa shape index (κ2) is 7.88. The van der Waals surface area contributed by atoms with Crippen LogP contribution < -0.4 is 4.74 Å². The molecule has 1 heterocycles. The summed E-state index contributed by atoms with van der Waals surface area (Å²) in [5.41, 5.74) is 2.52. The zero-order chi connectivity index (χ0) is 16.8. The number of rotatable bonds is 6. The molecule has 0 aliphatic rings. The molecule has 0 unspecified atom stereocenters. The Labute approximate surface area is 149 Å². The van der Waals surface area contributed by atoms with Crippen LogP contribution >= 0.6 is 15.9 Å². The van der Waals surface area contributed by atoms with Crippen molar-refractivity contribution in [1.82, 2.24) is 4.98 Å². The van der Waals surface area contributed by atoms with E-state index < -0.39 is 0 Å². The van der Waals surface area contributed by atoms with Crippen molar-refractivity contribution in [3.05, 3.63) is 94.2 Å². The Hall–Kier alpha value is -2.46.